The van der Waals surface area contributed by atoms with E-state index in [2.05, 4.69) is 10.2 Å². The van der Waals surface area contributed by atoms with Crippen LogP contribution in [0.1, 0.15) is 5.56 Å². The minimum Gasteiger partial charge on any atom is -0.491 e. The van der Waals surface area contributed by atoms with Crippen molar-refractivity contribution in [3.05, 3.63) is 60.2 Å². The molecule has 25 heavy (non-hydrogen) atoms. The Morgan fingerprint density at radius 2 is 1.88 bits per heavy atom. The van der Waals surface area contributed by atoms with Gasteiger partial charge < -0.3 is 14.3 Å². The van der Waals surface area contributed by atoms with Gasteiger partial charge in [0.25, 0.3) is 5.22 Å². The van der Waals surface area contributed by atoms with Gasteiger partial charge >= 0.3 is 0 Å². The second-order valence-corrected chi connectivity index (χ2v) is 6.12. The minimum atomic E-state index is -0.687. The molecule has 1 aromatic heterocycles. The molecule has 3 rings (SSSR count). The highest BCUT2D eigenvalue weighted by molar-refractivity contribution is 7.99. The van der Waals surface area contributed by atoms with Crippen LogP contribution < -0.4 is 4.74 Å². The Kier molecular flexibility index (Phi) is 5.67. The largest absolute Gasteiger partial charge is 0.491 e. The fourth-order valence-electron chi connectivity index (χ4n) is 2.00. The Labute approximate surface area is 149 Å². The molecular weight excluding hydrogens is 338 g/mol. The van der Waals surface area contributed by atoms with Gasteiger partial charge in [-0.25, -0.2) is 0 Å². The molecule has 0 amide bonds. The molecule has 2 aromatic carbocycles. The summed E-state index contributed by atoms with van der Waals surface area (Å²) < 4.78 is 11.1. The van der Waals surface area contributed by atoms with Crippen molar-refractivity contribution in [3.63, 3.8) is 0 Å². The third-order valence-electron chi connectivity index (χ3n) is 3.25. The molecule has 3 aromatic rings. The lowest BCUT2D eigenvalue weighted by molar-refractivity contribution is 0.126. The number of aromatic nitrogens is 2. The molecule has 0 saturated carbocycles. The minimum absolute atomic E-state index is 0.137. The standard InChI is InChI=1S/C18H15N3O3S/c19-10-13-6-8-16(9-7-13)23-11-15(22)12-25-18-21-20-17(24-18)14-4-2-1-3-5-14/h1-9,15,22H,11-12H2. The first-order valence-electron chi connectivity index (χ1n) is 7.57. The van der Waals surface area contributed by atoms with Gasteiger partial charge in [0.1, 0.15) is 12.4 Å². The van der Waals surface area contributed by atoms with Gasteiger partial charge in [-0.2, -0.15) is 5.26 Å². The summed E-state index contributed by atoms with van der Waals surface area (Å²) in [7, 11) is 0. The number of nitrogens with zero attached hydrogens (tertiary/aromatic N) is 3. The SMILES string of the molecule is N#Cc1ccc(OCC(O)CSc2nnc(-c3ccccc3)o2)cc1. The van der Waals surface area contributed by atoms with Crippen LogP contribution in [0.25, 0.3) is 11.5 Å². The second kappa shape index (κ2) is 8.33. The van der Waals surface area contributed by atoms with Gasteiger partial charge in [-0.3, -0.25) is 0 Å². The summed E-state index contributed by atoms with van der Waals surface area (Å²) in [6.07, 6.45) is -0.687. The Bertz CT molecular complexity index is 844. The van der Waals surface area contributed by atoms with Gasteiger partial charge in [-0.1, -0.05) is 30.0 Å². The van der Waals surface area contributed by atoms with Gasteiger partial charge in [0.15, 0.2) is 0 Å². The van der Waals surface area contributed by atoms with Gasteiger partial charge in [0, 0.05) is 11.3 Å². The Hall–Kier alpha value is -2.82. The molecule has 0 bridgehead atoms. The summed E-state index contributed by atoms with van der Waals surface area (Å²) in [6.45, 7) is 0.137. The number of rotatable bonds is 7. The van der Waals surface area contributed by atoms with Crippen molar-refractivity contribution in [1.29, 1.82) is 5.26 Å². The maximum absolute atomic E-state index is 10.0. The highest BCUT2D eigenvalue weighted by Gasteiger charge is 2.12. The van der Waals surface area contributed by atoms with Gasteiger partial charge in [0.05, 0.1) is 17.7 Å². The third kappa shape index (κ3) is 4.83. The quantitative estimate of drug-likeness (QED) is 0.652. The molecular formula is C18H15N3O3S. The fourth-order valence-corrected chi connectivity index (χ4v) is 2.67. The number of hydrogen-bond acceptors (Lipinski definition) is 7. The van der Waals surface area contributed by atoms with Crippen LogP contribution >= 0.6 is 11.8 Å². The van der Waals surface area contributed by atoms with Crippen LogP contribution in [-0.4, -0.2) is 33.8 Å². The van der Waals surface area contributed by atoms with Gasteiger partial charge in [0.2, 0.25) is 5.89 Å². The Morgan fingerprint density at radius 1 is 1.12 bits per heavy atom. The molecule has 1 unspecified atom stereocenters. The molecule has 0 saturated heterocycles. The molecule has 0 fully saturated rings. The van der Waals surface area contributed by atoms with Crippen LogP contribution in [0.3, 0.4) is 0 Å². The molecule has 0 aliphatic heterocycles. The zero-order valence-corrected chi connectivity index (χ0v) is 14.0. The van der Waals surface area contributed by atoms with Crippen molar-refractivity contribution in [2.75, 3.05) is 12.4 Å². The van der Waals surface area contributed by atoms with Crippen molar-refractivity contribution in [2.45, 2.75) is 11.3 Å². The summed E-state index contributed by atoms with van der Waals surface area (Å²) in [5.74, 6) is 1.42. The number of aliphatic hydroxyl groups is 1. The molecule has 0 aliphatic carbocycles. The molecule has 0 radical (unpaired) electrons. The van der Waals surface area contributed by atoms with Gasteiger partial charge in [-0.05, 0) is 36.4 Å². The number of ether oxygens (including phenoxy) is 1. The van der Waals surface area contributed by atoms with E-state index in [4.69, 9.17) is 14.4 Å². The van der Waals surface area contributed by atoms with Crippen molar-refractivity contribution in [2.24, 2.45) is 0 Å². The molecule has 1 N–H and O–H groups in total. The van der Waals surface area contributed by atoms with Crippen LogP contribution in [0.4, 0.5) is 0 Å². The monoisotopic (exact) mass is 353 g/mol. The topological polar surface area (TPSA) is 92.2 Å². The zero-order chi connectivity index (χ0) is 17.5. The first kappa shape index (κ1) is 17.0. The van der Waals surface area contributed by atoms with Crippen LogP contribution in [0.2, 0.25) is 0 Å². The lowest BCUT2D eigenvalue weighted by atomic mass is 10.2. The average molecular weight is 353 g/mol. The number of benzene rings is 2. The summed E-state index contributed by atoms with van der Waals surface area (Å²) in [5, 5.41) is 27.1. The van der Waals surface area contributed by atoms with E-state index < -0.39 is 6.10 Å². The fraction of sp³-hybridized carbons (Fsp3) is 0.167. The first-order valence-corrected chi connectivity index (χ1v) is 8.56. The average Bonchev–Trinajstić information content (AvgIpc) is 3.15. The summed E-state index contributed by atoms with van der Waals surface area (Å²) in [6, 6.07) is 18.3. The Morgan fingerprint density at radius 3 is 2.60 bits per heavy atom. The molecule has 0 spiro atoms. The molecule has 126 valence electrons. The number of nitriles is 1. The number of hydrogen-bond donors (Lipinski definition) is 1. The summed E-state index contributed by atoms with van der Waals surface area (Å²) >= 11 is 1.27. The second-order valence-electron chi connectivity index (χ2n) is 5.15. The van der Waals surface area contributed by atoms with Gasteiger partial charge in [-0.15, -0.1) is 10.2 Å². The first-order chi connectivity index (χ1) is 12.2. The normalized spacial score (nSPS) is 11.7. The number of thioether (sulfide) groups is 1. The zero-order valence-electron chi connectivity index (χ0n) is 13.2. The van der Waals surface area contributed by atoms with Crippen LogP contribution in [-0.2, 0) is 0 Å². The lowest BCUT2D eigenvalue weighted by Gasteiger charge is -2.11. The predicted octanol–water partition coefficient (Wildman–Crippen LogP) is 3.14. The number of aliphatic hydroxyl groups excluding tert-OH is 1. The van der Waals surface area contributed by atoms with Crippen LogP contribution in [0.5, 0.6) is 5.75 Å². The Balaban J connectivity index is 1.47. The van der Waals surface area contributed by atoms with E-state index in [1.807, 2.05) is 36.4 Å². The maximum Gasteiger partial charge on any atom is 0.276 e. The van der Waals surface area contributed by atoms with Crippen molar-refractivity contribution < 1.29 is 14.3 Å². The van der Waals surface area contributed by atoms with E-state index in [1.54, 1.807) is 24.3 Å². The van der Waals surface area contributed by atoms with Crippen molar-refractivity contribution >= 4 is 11.8 Å². The van der Waals surface area contributed by atoms with Crippen molar-refractivity contribution in [1.82, 2.24) is 10.2 Å². The highest BCUT2D eigenvalue weighted by atomic mass is 32.2. The highest BCUT2D eigenvalue weighted by Crippen LogP contribution is 2.23. The smallest absolute Gasteiger partial charge is 0.276 e. The molecule has 7 heteroatoms. The van der Waals surface area contributed by atoms with Crippen LogP contribution in [0.15, 0.2) is 64.2 Å². The van der Waals surface area contributed by atoms with E-state index in [0.717, 1.165) is 5.56 Å². The maximum atomic E-state index is 10.0. The van der Waals surface area contributed by atoms with E-state index >= 15 is 0 Å². The molecule has 0 aliphatic rings. The van der Waals surface area contributed by atoms with E-state index in [9.17, 15) is 5.11 Å². The van der Waals surface area contributed by atoms with Crippen molar-refractivity contribution in [3.8, 4) is 23.3 Å². The third-order valence-corrected chi connectivity index (χ3v) is 4.22. The van der Waals surface area contributed by atoms with E-state index in [1.165, 1.54) is 11.8 Å². The molecule has 1 heterocycles. The van der Waals surface area contributed by atoms with Crippen LogP contribution in [0, 0.1) is 11.3 Å². The van der Waals surface area contributed by atoms with E-state index in [-0.39, 0.29) is 6.61 Å². The lowest BCUT2D eigenvalue weighted by Crippen LogP contribution is -2.20. The molecule has 1 atom stereocenters. The summed E-state index contributed by atoms with van der Waals surface area (Å²) in [5.41, 5.74) is 1.42. The summed E-state index contributed by atoms with van der Waals surface area (Å²) in [4.78, 5) is 0. The van der Waals surface area contributed by atoms with E-state index in [0.29, 0.717) is 28.2 Å². The molecule has 6 nitrogen and oxygen atoms in total. The predicted molar refractivity (Wildman–Crippen MR) is 93.1 cm³/mol.